The highest BCUT2D eigenvalue weighted by atomic mass is 15.1. The normalized spacial score (nSPS) is 12.0. The van der Waals surface area contributed by atoms with Crippen LogP contribution >= 0.6 is 0 Å². The smallest absolute Gasteiger partial charge is 0.115 e. The van der Waals surface area contributed by atoms with Crippen LogP contribution in [-0.2, 0) is 0 Å². The zero-order valence-electron chi connectivity index (χ0n) is 13.8. The van der Waals surface area contributed by atoms with Gasteiger partial charge in [0.2, 0.25) is 0 Å². The topological polar surface area (TPSA) is 76.5 Å². The largest absolute Gasteiger partial charge is 0.317 e. The molecule has 3 aromatic rings. The zero-order chi connectivity index (χ0) is 17.0. The van der Waals surface area contributed by atoms with Crippen LogP contribution in [0.15, 0.2) is 79.9 Å². The van der Waals surface area contributed by atoms with Gasteiger partial charge in [-0.25, -0.2) is 9.97 Å². The first kappa shape index (κ1) is 19.3. The third kappa shape index (κ3) is 14.2. The molecule has 24 heavy (non-hydrogen) atoms. The summed E-state index contributed by atoms with van der Waals surface area (Å²) in [7, 11) is 0. The lowest BCUT2D eigenvalue weighted by Crippen LogP contribution is -2.21. The van der Waals surface area contributed by atoms with Gasteiger partial charge in [-0.05, 0) is 56.3 Å². The number of aromatic nitrogens is 5. The summed E-state index contributed by atoms with van der Waals surface area (Å²) >= 11 is 0. The van der Waals surface area contributed by atoms with Gasteiger partial charge in [0.05, 0.1) is 0 Å². The van der Waals surface area contributed by atoms with Crippen molar-refractivity contribution >= 4 is 0 Å². The fraction of sp³-hybridized carbons (Fsp3) is 0.278. The summed E-state index contributed by atoms with van der Waals surface area (Å²) < 4.78 is 0. The van der Waals surface area contributed by atoms with Crippen LogP contribution in [0.4, 0.5) is 0 Å². The van der Waals surface area contributed by atoms with Crippen molar-refractivity contribution in [3.63, 3.8) is 0 Å². The molecule has 1 aliphatic rings. The van der Waals surface area contributed by atoms with E-state index in [4.69, 9.17) is 0 Å². The fourth-order valence-electron chi connectivity index (χ4n) is 1.62. The molecule has 0 unspecified atom stereocenters. The predicted molar refractivity (Wildman–Crippen MR) is 95.0 cm³/mol. The second-order valence-electron chi connectivity index (χ2n) is 4.65. The van der Waals surface area contributed by atoms with Gasteiger partial charge < -0.3 is 5.32 Å². The van der Waals surface area contributed by atoms with Crippen molar-refractivity contribution in [2.24, 2.45) is 0 Å². The maximum Gasteiger partial charge on any atom is 0.115 e. The Morgan fingerprint density at radius 2 is 1.04 bits per heavy atom. The Morgan fingerprint density at radius 1 is 0.500 bits per heavy atom. The van der Waals surface area contributed by atoms with Crippen LogP contribution < -0.4 is 5.32 Å². The van der Waals surface area contributed by atoms with Gasteiger partial charge in [-0.1, -0.05) is 12.5 Å². The Balaban J connectivity index is 0.000000160. The molecule has 0 spiro atoms. The van der Waals surface area contributed by atoms with E-state index in [0.717, 1.165) is 0 Å². The molecule has 1 aliphatic heterocycles. The van der Waals surface area contributed by atoms with Gasteiger partial charge in [0.25, 0.3) is 0 Å². The van der Waals surface area contributed by atoms with E-state index < -0.39 is 0 Å². The molecular formula is C18H24N6. The quantitative estimate of drug-likeness (QED) is 0.685. The third-order valence-corrected chi connectivity index (χ3v) is 2.73. The van der Waals surface area contributed by atoms with Crippen molar-refractivity contribution in [2.75, 3.05) is 13.1 Å². The first-order valence-corrected chi connectivity index (χ1v) is 7.97. The lowest BCUT2D eigenvalue weighted by molar-refractivity contribution is 0.520. The van der Waals surface area contributed by atoms with Crippen molar-refractivity contribution in [3.8, 4) is 0 Å². The number of nitrogens with one attached hydrogen (secondary N) is 1. The highest BCUT2D eigenvalue weighted by molar-refractivity contribution is 4.88. The fourth-order valence-corrected chi connectivity index (χ4v) is 1.62. The molecule has 0 aliphatic carbocycles. The van der Waals surface area contributed by atoms with E-state index in [1.54, 1.807) is 43.2 Å². The van der Waals surface area contributed by atoms with E-state index in [-0.39, 0.29) is 0 Å². The Bertz CT molecular complexity index is 380. The number of hydrogen-bond donors (Lipinski definition) is 1. The van der Waals surface area contributed by atoms with Crippen molar-refractivity contribution in [2.45, 2.75) is 19.3 Å². The summed E-state index contributed by atoms with van der Waals surface area (Å²) in [4.78, 5) is 11.1. The lowest BCUT2D eigenvalue weighted by Gasteiger charge is -2.08. The Morgan fingerprint density at radius 3 is 1.21 bits per heavy atom. The summed E-state index contributed by atoms with van der Waals surface area (Å²) in [6.45, 7) is 2.50. The standard InChI is InChI=1S/C5H11N.C5H5N.2C4H4N2/c2*1-2-4-6-5-3-1;1-2-5-4-6-3-1;1-2-4-6-5-3-1/h6H,1-5H2;1-5H;2*1-4H. The number of hydrogen-bond acceptors (Lipinski definition) is 6. The highest BCUT2D eigenvalue weighted by Gasteiger charge is 1.93. The maximum atomic E-state index is 3.78. The second-order valence-corrected chi connectivity index (χ2v) is 4.65. The Hall–Kier alpha value is -2.73. The zero-order valence-corrected chi connectivity index (χ0v) is 13.8. The molecule has 4 rings (SSSR count). The first-order valence-electron chi connectivity index (χ1n) is 7.97. The van der Waals surface area contributed by atoms with Gasteiger partial charge in [-0.15, -0.1) is 0 Å². The van der Waals surface area contributed by atoms with Crippen LogP contribution in [0.2, 0.25) is 0 Å². The van der Waals surface area contributed by atoms with Gasteiger partial charge in [0.15, 0.2) is 0 Å². The van der Waals surface area contributed by atoms with Crippen molar-refractivity contribution in [1.29, 1.82) is 0 Å². The molecule has 1 fully saturated rings. The minimum absolute atomic E-state index is 1.25. The average molecular weight is 324 g/mol. The molecule has 6 heteroatoms. The van der Waals surface area contributed by atoms with Gasteiger partial charge in [0.1, 0.15) is 6.33 Å². The molecule has 0 atom stereocenters. The summed E-state index contributed by atoms with van der Waals surface area (Å²) in [5, 5.41) is 10.4. The van der Waals surface area contributed by atoms with Crippen LogP contribution in [0, 0.1) is 0 Å². The highest BCUT2D eigenvalue weighted by Crippen LogP contribution is 1.96. The van der Waals surface area contributed by atoms with E-state index in [1.165, 1.54) is 38.7 Å². The predicted octanol–water partition coefficient (Wildman–Crippen LogP) is 2.79. The lowest BCUT2D eigenvalue weighted by atomic mass is 10.2. The Kier molecular flexibility index (Phi) is 13.4. The van der Waals surface area contributed by atoms with Crippen LogP contribution in [0.1, 0.15) is 19.3 Å². The van der Waals surface area contributed by atoms with E-state index in [2.05, 4.69) is 30.5 Å². The molecule has 3 aromatic heterocycles. The van der Waals surface area contributed by atoms with Gasteiger partial charge in [-0.2, -0.15) is 10.2 Å². The van der Waals surface area contributed by atoms with Gasteiger partial charge >= 0.3 is 0 Å². The van der Waals surface area contributed by atoms with Crippen LogP contribution in [0.3, 0.4) is 0 Å². The SMILES string of the molecule is C1CCNCC1.c1ccncc1.c1ccnnc1.c1cncnc1. The number of pyridine rings is 1. The van der Waals surface area contributed by atoms with E-state index >= 15 is 0 Å². The van der Waals surface area contributed by atoms with Crippen LogP contribution in [0.25, 0.3) is 0 Å². The molecule has 0 bridgehead atoms. The minimum Gasteiger partial charge on any atom is -0.317 e. The second kappa shape index (κ2) is 16.6. The number of nitrogens with zero attached hydrogens (tertiary/aromatic N) is 5. The first-order chi connectivity index (χ1) is 12.0. The summed E-state index contributed by atoms with van der Waals surface area (Å²) in [5.41, 5.74) is 0. The van der Waals surface area contributed by atoms with Crippen LogP contribution in [-0.4, -0.2) is 38.2 Å². The van der Waals surface area contributed by atoms with E-state index in [9.17, 15) is 0 Å². The molecule has 0 saturated carbocycles. The van der Waals surface area contributed by atoms with Gasteiger partial charge in [-0.3, -0.25) is 4.98 Å². The molecule has 0 radical (unpaired) electrons. The molecule has 0 amide bonds. The Labute approximate surface area is 143 Å². The monoisotopic (exact) mass is 324 g/mol. The van der Waals surface area contributed by atoms with Crippen molar-refractivity contribution < 1.29 is 0 Å². The molecule has 1 saturated heterocycles. The molecule has 4 heterocycles. The maximum absolute atomic E-state index is 3.78. The molecule has 0 aromatic carbocycles. The van der Waals surface area contributed by atoms with Crippen molar-refractivity contribution in [3.05, 3.63) is 79.9 Å². The van der Waals surface area contributed by atoms with Crippen LogP contribution in [0.5, 0.6) is 0 Å². The summed E-state index contributed by atoms with van der Waals surface area (Å²) in [6.07, 6.45) is 15.9. The van der Waals surface area contributed by atoms with E-state index in [1.807, 2.05) is 30.3 Å². The van der Waals surface area contributed by atoms with Crippen molar-refractivity contribution in [1.82, 2.24) is 30.5 Å². The average Bonchev–Trinajstić information content (AvgIpc) is 2.75. The molecule has 1 N–H and O–H groups in total. The number of rotatable bonds is 0. The van der Waals surface area contributed by atoms with E-state index in [0.29, 0.717) is 0 Å². The molecule has 126 valence electrons. The molecular weight excluding hydrogens is 300 g/mol. The third-order valence-electron chi connectivity index (χ3n) is 2.73. The minimum atomic E-state index is 1.25. The summed E-state index contributed by atoms with van der Waals surface area (Å²) in [5.74, 6) is 0. The number of piperidine rings is 1. The van der Waals surface area contributed by atoms with Gasteiger partial charge in [0, 0.05) is 37.2 Å². The molecule has 6 nitrogen and oxygen atoms in total. The summed E-state index contributed by atoms with van der Waals surface area (Å²) in [6, 6.07) is 11.1.